The molecule has 4 nitrogen and oxygen atoms in total. The maximum Gasteiger partial charge on any atom is 0.266 e. The quantitative estimate of drug-likeness (QED) is 0.258. The molecule has 32 heavy (non-hydrogen) atoms. The minimum Gasteiger partial charge on any atom is -0.487 e. The van der Waals surface area contributed by atoms with E-state index in [2.05, 4.69) is 37.2 Å². The van der Waals surface area contributed by atoms with Gasteiger partial charge in [-0.3, -0.25) is 4.79 Å². The van der Waals surface area contributed by atoms with E-state index in [1.807, 2.05) is 81.4 Å². The lowest BCUT2D eigenvalue weighted by atomic mass is 10.1. The van der Waals surface area contributed by atoms with Gasteiger partial charge < -0.3 is 10.1 Å². The normalized spacial score (nSPS) is 11.1. The third-order valence-electron chi connectivity index (χ3n) is 5.06. The van der Waals surface area contributed by atoms with Gasteiger partial charge in [0.05, 0.1) is 4.47 Å². The third kappa shape index (κ3) is 5.87. The molecule has 0 unspecified atom stereocenters. The molecule has 3 rings (SSSR count). The number of aryl methyl sites for hydroxylation is 2. The highest BCUT2D eigenvalue weighted by Crippen LogP contribution is 2.35. The largest absolute Gasteiger partial charge is 0.487 e. The highest BCUT2D eigenvalue weighted by Gasteiger charge is 2.15. The fraction of sp³-hybridized carbons (Fsp3) is 0.154. The fourth-order valence-corrected chi connectivity index (χ4v) is 4.43. The van der Waals surface area contributed by atoms with Crippen LogP contribution in [0, 0.1) is 32.1 Å². The Hall–Kier alpha value is -2.88. The Labute approximate surface area is 205 Å². The van der Waals surface area contributed by atoms with Gasteiger partial charge in [-0.1, -0.05) is 57.9 Å². The van der Waals surface area contributed by atoms with Crippen LogP contribution >= 0.6 is 31.9 Å². The molecule has 0 aliphatic heterocycles. The topological polar surface area (TPSA) is 62.1 Å². The first-order valence-electron chi connectivity index (χ1n) is 9.95. The average Bonchev–Trinajstić information content (AvgIpc) is 2.75. The van der Waals surface area contributed by atoms with Gasteiger partial charge in [0, 0.05) is 15.7 Å². The SMILES string of the molecule is Cc1ccc(COc2c(Br)cc(Br)cc2/C=C(\C#N)C(=O)Nc2cccc(C)c2C)cc1. The van der Waals surface area contributed by atoms with Crippen molar-refractivity contribution in [3.63, 3.8) is 0 Å². The number of anilines is 1. The minimum absolute atomic E-state index is 0.0175. The molecule has 0 aliphatic rings. The fourth-order valence-electron chi connectivity index (χ4n) is 3.06. The number of nitriles is 1. The summed E-state index contributed by atoms with van der Waals surface area (Å²) < 4.78 is 7.59. The molecule has 0 spiro atoms. The zero-order chi connectivity index (χ0) is 23.3. The maximum absolute atomic E-state index is 12.8. The molecule has 1 amide bonds. The number of benzene rings is 3. The summed E-state index contributed by atoms with van der Waals surface area (Å²) in [5.74, 6) is 0.0860. The van der Waals surface area contributed by atoms with Gasteiger partial charge in [0.25, 0.3) is 5.91 Å². The number of halogens is 2. The molecule has 0 saturated carbocycles. The summed E-state index contributed by atoms with van der Waals surface area (Å²) in [4.78, 5) is 12.8. The van der Waals surface area contributed by atoms with Crippen molar-refractivity contribution in [3.05, 3.63) is 96.9 Å². The van der Waals surface area contributed by atoms with Gasteiger partial charge in [0.2, 0.25) is 0 Å². The molecule has 0 atom stereocenters. The van der Waals surface area contributed by atoms with E-state index < -0.39 is 5.91 Å². The van der Waals surface area contributed by atoms with Gasteiger partial charge in [0.15, 0.2) is 0 Å². The molecule has 1 N–H and O–H groups in total. The van der Waals surface area contributed by atoms with Gasteiger partial charge in [0.1, 0.15) is 24.0 Å². The monoisotopic (exact) mass is 552 g/mol. The van der Waals surface area contributed by atoms with Crippen LogP contribution in [0.4, 0.5) is 5.69 Å². The molecule has 3 aromatic carbocycles. The molecule has 0 bridgehead atoms. The molecule has 0 fully saturated rings. The number of nitrogens with one attached hydrogen (secondary N) is 1. The van der Waals surface area contributed by atoms with E-state index in [-0.39, 0.29) is 5.57 Å². The van der Waals surface area contributed by atoms with E-state index in [0.717, 1.165) is 25.6 Å². The number of carbonyl (C=O) groups is 1. The lowest BCUT2D eigenvalue weighted by Gasteiger charge is -2.13. The number of rotatable bonds is 6. The third-order valence-corrected chi connectivity index (χ3v) is 6.11. The molecule has 0 heterocycles. The van der Waals surface area contributed by atoms with E-state index in [9.17, 15) is 10.1 Å². The molecule has 0 aliphatic carbocycles. The van der Waals surface area contributed by atoms with Gasteiger partial charge in [-0.15, -0.1) is 0 Å². The van der Waals surface area contributed by atoms with Gasteiger partial charge in [-0.2, -0.15) is 5.26 Å². The molecular formula is C26H22Br2N2O2. The zero-order valence-corrected chi connectivity index (χ0v) is 21.2. The Balaban J connectivity index is 1.90. The van der Waals surface area contributed by atoms with Crippen LogP contribution in [0.3, 0.4) is 0 Å². The minimum atomic E-state index is -0.471. The first-order chi connectivity index (χ1) is 15.3. The van der Waals surface area contributed by atoms with Crippen molar-refractivity contribution in [1.29, 1.82) is 5.26 Å². The second kappa shape index (κ2) is 10.6. The van der Waals surface area contributed by atoms with Gasteiger partial charge in [-0.25, -0.2) is 0 Å². The summed E-state index contributed by atoms with van der Waals surface area (Å²) >= 11 is 7.01. The Kier molecular flexibility index (Phi) is 7.89. The van der Waals surface area contributed by atoms with Crippen LogP contribution in [0.25, 0.3) is 6.08 Å². The zero-order valence-electron chi connectivity index (χ0n) is 18.0. The summed E-state index contributed by atoms with van der Waals surface area (Å²) in [5, 5.41) is 12.5. The molecule has 0 saturated heterocycles. The summed E-state index contributed by atoms with van der Waals surface area (Å²) in [5.41, 5.74) is 5.51. The van der Waals surface area contributed by atoms with E-state index in [0.29, 0.717) is 23.6 Å². The van der Waals surface area contributed by atoms with Crippen LogP contribution in [0.5, 0.6) is 5.75 Å². The van der Waals surface area contributed by atoms with Crippen molar-refractivity contribution >= 4 is 49.5 Å². The summed E-state index contributed by atoms with van der Waals surface area (Å²) in [6.07, 6.45) is 1.54. The number of hydrogen-bond donors (Lipinski definition) is 1. The second-order valence-electron chi connectivity index (χ2n) is 7.45. The molecule has 0 radical (unpaired) electrons. The number of nitrogens with zero attached hydrogens (tertiary/aromatic N) is 1. The highest BCUT2D eigenvalue weighted by molar-refractivity contribution is 9.11. The lowest BCUT2D eigenvalue weighted by molar-refractivity contribution is -0.112. The van der Waals surface area contributed by atoms with E-state index >= 15 is 0 Å². The predicted molar refractivity (Wildman–Crippen MR) is 135 cm³/mol. The Morgan fingerprint density at radius 3 is 2.50 bits per heavy atom. The molecular weight excluding hydrogens is 532 g/mol. The van der Waals surface area contributed by atoms with Gasteiger partial charge in [-0.05, 0) is 77.7 Å². The maximum atomic E-state index is 12.8. The van der Waals surface area contributed by atoms with Crippen LogP contribution in [-0.4, -0.2) is 5.91 Å². The van der Waals surface area contributed by atoms with Crippen LogP contribution < -0.4 is 10.1 Å². The van der Waals surface area contributed by atoms with E-state index in [4.69, 9.17) is 4.74 Å². The molecule has 6 heteroatoms. The van der Waals surface area contributed by atoms with Crippen molar-refractivity contribution in [2.45, 2.75) is 27.4 Å². The number of carbonyl (C=O) groups excluding carboxylic acids is 1. The standard InChI is InChI=1S/C26H22Br2N2O2/c1-16-7-9-19(10-8-16)15-32-25-20(12-22(27)13-23(25)28)11-21(14-29)26(31)30-24-6-4-5-17(2)18(24)3/h4-13H,15H2,1-3H3,(H,30,31)/b21-11+. The lowest BCUT2D eigenvalue weighted by Crippen LogP contribution is -2.14. The Morgan fingerprint density at radius 1 is 1.09 bits per heavy atom. The van der Waals surface area contributed by atoms with Crippen LogP contribution in [0.2, 0.25) is 0 Å². The number of hydrogen-bond acceptors (Lipinski definition) is 3. The number of ether oxygens (including phenoxy) is 1. The molecule has 3 aromatic rings. The number of amides is 1. The summed E-state index contributed by atoms with van der Waals surface area (Å²) in [6, 6.07) is 19.4. The molecule has 162 valence electrons. The van der Waals surface area contributed by atoms with Crippen LogP contribution in [-0.2, 0) is 11.4 Å². The van der Waals surface area contributed by atoms with Crippen molar-refractivity contribution in [2.75, 3.05) is 5.32 Å². The van der Waals surface area contributed by atoms with Crippen LogP contribution in [0.1, 0.15) is 27.8 Å². The van der Waals surface area contributed by atoms with Gasteiger partial charge >= 0.3 is 0 Å². The predicted octanol–water partition coefficient (Wildman–Crippen LogP) is 7.26. The van der Waals surface area contributed by atoms with Crippen molar-refractivity contribution in [1.82, 2.24) is 0 Å². The average molecular weight is 554 g/mol. The smallest absolute Gasteiger partial charge is 0.266 e. The summed E-state index contributed by atoms with van der Waals surface area (Å²) in [7, 11) is 0. The van der Waals surface area contributed by atoms with Crippen molar-refractivity contribution in [2.24, 2.45) is 0 Å². The van der Waals surface area contributed by atoms with Crippen molar-refractivity contribution in [3.8, 4) is 11.8 Å². The Bertz CT molecular complexity index is 1230. The summed E-state index contributed by atoms with van der Waals surface area (Å²) in [6.45, 7) is 6.30. The highest BCUT2D eigenvalue weighted by atomic mass is 79.9. The van der Waals surface area contributed by atoms with E-state index in [1.54, 1.807) is 6.08 Å². The first-order valence-corrected chi connectivity index (χ1v) is 11.5. The molecule has 0 aromatic heterocycles. The Morgan fingerprint density at radius 2 is 1.81 bits per heavy atom. The first kappa shape index (κ1) is 23.8. The van der Waals surface area contributed by atoms with E-state index in [1.165, 1.54) is 5.56 Å². The van der Waals surface area contributed by atoms with Crippen molar-refractivity contribution < 1.29 is 9.53 Å². The van der Waals surface area contributed by atoms with Crippen LogP contribution in [0.15, 0.2) is 69.1 Å². The second-order valence-corrected chi connectivity index (χ2v) is 9.22.